The van der Waals surface area contributed by atoms with Crippen LogP contribution in [0.3, 0.4) is 0 Å². The lowest BCUT2D eigenvalue weighted by Gasteiger charge is -2.36. The normalized spacial score (nSPS) is 21.0. The van der Waals surface area contributed by atoms with Gasteiger partial charge in [-0.05, 0) is 74.8 Å². The minimum atomic E-state index is -1.08. The molecule has 1 saturated carbocycles. The van der Waals surface area contributed by atoms with Crippen molar-refractivity contribution in [3.63, 3.8) is 0 Å². The van der Waals surface area contributed by atoms with E-state index in [0.29, 0.717) is 43.9 Å². The number of carbonyl (C=O) groups excluding carboxylic acids is 1. The van der Waals surface area contributed by atoms with Gasteiger partial charge >= 0.3 is 12.0 Å². The number of carboxylic acid groups (broad SMARTS) is 1. The van der Waals surface area contributed by atoms with E-state index in [1.807, 2.05) is 14.1 Å². The summed E-state index contributed by atoms with van der Waals surface area (Å²) in [6.45, 7) is 2.32. The third-order valence-electron chi connectivity index (χ3n) is 7.23. The van der Waals surface area contributed by atoms with Gasteiger partial charge in [0.2, 0.25) is 5.91 Å². The van der Waals surface area contributed by atoms with Crippen LogP contribution in [0.5, 0.6) is 0 Å². The second-order valence-electron chi connectivity index (χ2n) is 10.0. The van der Waals surface area contributed by atoms with E-state index in [-0.39, 0.29) is 23.9 Å². The molecule has 2 aliphatic rings. The Kier molecular flexibility index (Phi) is 8.30. The topological polar surface area (TPSA) is 110 Å². The maximum Gasteiger partial charge on any atom is 0.328 e. The number of hydrogen-bond acceptors (Lipinski definition) is 7. The Hall–Kier alpha value is -3.33. The molecule has 0 radical (unpaired) electrons. The lowest BCUT2D eigenvalue weighted by Crippen LogP contribution is -2.44. The molecule has 1 aliphatic carbocycles. The first-order chi connectivity index (χ1) is 17.3. The van der Waals surface area contributed by atoms with Crippen molar-refractivity contribution in [1.29, 1.82) is 0 Å². The number of aliphatic hydroxyl groups excluding tert-OH is 1. The molecular weight excluding hydrogens is 460 g/mol. The van der Waals surface area contributed by atoms with Gasteiger partial charge in [0.05, 0.1) is 12.3 Å². The van der Waals surface area contributed by atoms with Crippen LogP contribution in [0, 0.1) is 11.8 Å². The first-order valence-electron chi connectivity index (χ1n) is 12.7. The highest BCUT2D eigenvalue weighted by Crippen LogP contribution is 2.31. The van der Waals surface area contributed by atoms with E-state index in [9.17, 15) is 14.7 Å². The van der Waals surface area contributed by atoms with Gasteiger partial charge in [-0.25, -0.2) is 9.78 Å². The minimum Gasteiger partial charge on any atom is -0.478 e. The minimum absolute atomic E-state index is 0.0285. The molecule has 9 heteroatoms. The second-order valence-corrected chi connectivity index (χ2v) is 10.0. The van der Waals surface area contributed by atoms with Gasteiger partial charge in [-0.3, -0.25) is 9.69 Å². The largest absolute Gasteiger partial charge is 0.478 e. The summed E-state index contributed by atoms with van der Waals surface area (Å²) >= 11 is 0. The van der Waals surface area contributed by atoms with Crippen molar-refractivity contribution >= 4 is 35.3 Å². The SMILES string of the molecule is CN(C)c1ccc(N2CCC(CN(C(=O)C3CCC(O)CC3)c3ncc(/C=C/C(=O)O)o3)CC2)cc1. The van der Waals surface area contributed by atoms with Crippen molar-refractivity contribution in [3.8, 4) is 0 Å². The predicted molar refractivity (Wildman–Crippen MR) is 139 cm³/mol. The summed E-state index contributed by atoms with van der Waals surface area (Å²) in [4.78, 5) is 34.8. The zero-order valence-corrected chi connectivity index (χ0v) is 21.0. The third-order valence-corrected chi connectivity index (χ3v) is 7.23. The van der Waals surface area contributed by atoms with E-state index < -0.39 is 5.97 Å². The van der Waals surface area contributed by atoms with Gasteiger partial charge in [0.15, 0.2) is 0 Å². The van der Waals surface area contributed by atoms with Gasteiger partial charge in [0.1, 0.15) is 5.76 Å². The fraction of sp³-hybridized carbons (Fsp3) is 0.519. The highest BCUT2D eigenvalue weighted by molar-refractivity contribution is 5.93. The average molecular weight is 497 g/mol. The molecule has 1 saturated heterocycles. The number of aliphatic carboxylic acids is 1. The maximum atomic E-state index is 13.5. The molecule has 2 aromatic rings. The Bertz CT molecular complexity index is 1050. The molecule has 1 amide bonds. The fourth-order valence-electron chi connectivity index (χ4n) is 5.03. The number of carbonyl (C=O) groups is 2. The third kappa shape index (κ3) is 6.46. The molecule has 2 heterocycles. The van der Waals surface area contributed by atoms with Crippen molar-refractivity contribution in [2.24, 2.45) is 11.8 Å². The van der Waals surface area contributed by atoms with Crippen LogP contribution in [0.4, 0.5) is 17.4 Å². The number of hydrogen-bond donors (Lipinski definition) is 2. The van der Waals surface area contributed by atoms with Crippen LogP contribution in [0.25, 0.3) is 6.08 Å². The monoisotopic (exact) mass is 496 g/mol. The number of aliphatic hydroxyl groups is 1. The Morgan fingerprint density at radius 3 is 2.36 bits per heavy atom. The Morgan fingerprint density at radius 1 is 1.08 bits per heavy atom. The van der Waals surface area contributed by atoms with Gasteiger partial charge in [-0.15, -0.1) is 0 Å². The van der Waals surface area contributed by atoms with Crippen LogP contribution in [0.15, 0.2) is 41.0 Å². The number of amides is 1. The van der Waals surface area contributed by atoms with Crippen LogP contribution in [-0.4, -0.2) is 66.9 Å². The Labute approximate surface area is 212 Å². The first-order valence-corrected chi connectivity index (χ1v) is 12.7. The zero-order chi connectivity index (χ0) is 25.7. The molecule has 0 bridgehead atoms. The molecule has 0 unspecified atom stereocenters. The number of carboxylic acids is 1. The fourth-order valence-corrected chi connectivity index (χ4v) is 5.03. The summed E-state index contributed by atoms with van der Waals surface area (Å²) in [6, 6.07) is 8.77. The lowest BCUT2D eigenvalue weighted by atomic mass is 9.86. The standard InChI is InChI=1S/C27H36N4O5/c1-29(2)21-5-7-22(8-6-21)30-15-13-19(14-16-30)18-31(26(35)20-3-9-23(32)10-4-20)27-28-17-24(36-27)11-12-25(33)34/h5-8,11-12,17,19-20,23,32H,3-4,9-10,13-16,18H2,1-2H3,(H,33,34)/b12-11+. The number of aromatic nitrogens is 1. The molecular formula is C27H36N4O5. The molecule has 194 valence electrons. The van der Waals surface area contributed by atoms with Crippen molar-refractivity contribution < 1.29 is 24.2 Å². The summed E-state index contributed by atoms with van der Waals surface area (Å²) in [6.07, 6.45) is 7.82. The van der Waals surface area contributed by atoms with Gasteiger partial charge in [0.25, 0.3) is 0 Å². The summed E-state index contributed by atoms with van der Waals surface area (Å²) in [7, 11) is 4.06. The molecule has 1 aliphatic heterocycles. The summed E-state index contributed by atoms with van der Waals surface area (Å²) in [5, 5.41) is 18.8. The van der Waals surface area contributed by atoms with E-state index in [2.05, 4.69) is 39.0 Å². The van der Waals surface area contributed by atoms with Gasteiger partial charge in [-0.2, -0.15) is 0 Å². The van der Waals surface area contributed by atoms with Crippen molar-refractivity contribution in [2.45, 2.75) is 44.6 Å². The number of benzene rings is 1. The van der Waals surface area contributed by atoms with E-state index in [1.165, 1.54) is 23.6 Å². The average Bonchev–Trinajstić information content (AvgIpc) is 3.35. The summed E-state index contributed by atoms with van der Waals surface area (Å²) in [5.41, 5.74) is 2.37. The van der Waals surface area contributed by atoms with Crippen molar-refractivity contribution in [3.05, 3.63) is 42.3 Å². The lowest BCUT2D eigenvalue weighted by molar-refractivity contribution is -0.131. The van der Waals surface area contributed by atoms with E-state index >= 15 is 0 Å². The smallest absolute Gasteiger partial charge is 0.328 e. The molecule has 0 atom stereocenters. The predicted octanol–water partition coefficient (Wildman–Crippen LogP) is 3.64. The van der Waals surface area contributed by atoms with Crippen molar-refractivity contribution in [1.82, 2.24) is 4.98 Å². The maximum absolute atomic E-state index is 13.5. The molecule has 36 heavy (non-hydrogen) atoms. The Morgan fingerprint density at radius 2 is 1.75 bits per heavy atom. The molecule has 1 aromatic carbocycles. The zero-order valence-electron chi connectivity index (χ0n) is 21.0. The number of oxazole rings is 1. The Balaban J connectivity index is 1.44. The molecule has 4 rings (SSSR count). The van der Waals surface area contributed by atoms with Gasteiger partial charge in [0, 0.05) is 57.1 Å². The number of anilines is 3. The number of rotatable bonds is 8. The van der Waals surface area contributed by atoms with Gasteiger partial charge in [-0.1, -0.05) is 0 Å². The van der Waals surface area contributed by atoms with Crippen molar-refractivity contribution in [2.75, 3.05) is 48.4 Å². The van der Waals surface area contributed by atoms with E-state index in [1.54, 1.807) is 4.90 Å². The van der Waals surface area contributed by atoms with E-state index in [0.717, 1.165) is 32.0 Å². The highest BCUT2D eigenvalue weighted by atomic mass is 16.4. The molecule has 2 fully saturated rings. The van der Waals surface area contributed by atoms with Crippen LogP contribution in [0.1, 0.15) is 44.3 Å². The number of piperidine rings is 1. The van der Waals surface area contributed by atoms with Gasteiger partial charge < -0.3 is 24.4 Å². The quantitative estimate of drug-likeness (QED) is 0.533. The number of nitrogens with zero attached hydrogens (tertiary/aromatic N) is 4. The molecule has 2 N–H and O–H groups in total. The molecule has 9 nitrogen and oxygen atoms in total. The van der Waals surface area contributed by atoms with Crippen LogP contribution >= 0.6 is 0 Å². The summed E-state index contributed by atoms with van der Waals surface area (Å²) < 4.78 is 5.77. The second kappa shape index (κ2) is 11.6. The summed E-state index contributed by atoms with van der Waals surface area (Å²) in [5.74, 6) is -0.691. The molecule has 1 aromatic heterocycles. The van der Waals surface area contributed by atoms with Crippen LogP contribution < -0.4 is 14.7 Å². The van der Waals surface area contributed by atoms with E-state index in [4.69, 9.17) is 9.52 Å². The van der Waals surface area contributed by atoms with Crippen LogP contribution in [-0.2, 0) is 9.59 Å². The van der Waals surface area contributed by atoms with Crippen LogP contribution in [0.2, 0.25) is 0 Å². The highest BCUT2D eigenvalue weighted by Gasteiger charge is 2.33. The first kappa shape index (κ1) is 25.8. The molecule has 0 spiro atoms.